The second-order valence-corrected chi connectivity index (χ2v) is 9.36. The number of aromatic nitrogens is 4. The Morgan fingerprint density at radius 2 is 1.86 bits per heavy atom. The van der Waals surface area contributed by atoms with Crippen molar-refractivity contribution in [2.24, 2.45) is 0 Å². The lowest BCUT2D eigenvalue weighted by Crippen LogP contribution is -2.30. The van der Waals surface area contributed by atoms with Gasteiger partial charge in [-0.15, -0.1) is 11.3 Å². The predicted octanol–water partition coefficient (Wildman–Crippen LogP) is 3.04. The number of hydrogen-bond acceptors (Lipinski definition) is 9. The first-order valence-electron chi connectivity index (χ1n) is 10.9. The summed E-state index contributed by atoms with van der Waals surface area (Å²) in [7, 11) is 2.87. The fourth-order valence-electron chi connectivity index (χ4n) is 3.59. The minimum absolute atomic E-state index is 0.125. The first kappa shape index (κ1) is 25.9. The van der Waals surface area contributed by atoms with Crippen LogP contribution in [0, 0.1) is 0 Å². The van der Waals surface area contributed by atoms with Crippen molar-refractivity contribution in [1.82, 2.24) is 25.3 Å². The van der Waals surface area contributed by atoms with Gasteiger partial charge in [0.05, 0.1) is 24.1 Å². The summed E-state index contributed by atoms with van der Waals surface area (Å²) < 4.78 is 40.3. The van der Waals surface area contributed by atoms with Crippen molar-refractivity contribution in [3.8, 4) is 0 Å². The molecule has 0 aromatic carbocycles. The van der Waals surface area contributed by atoms with Crippen molar-refractivity contribution in [1.29, 1.82) is 0 Å². The van der Waals surface area contributed by atoms with Gasteiger partial charge in [0.25, 0.3) is 11.8 Å². The van der Waals surface area contributed by atoms with E-state index in [2.05, 4.69) is 35.9 Å². The number of halogens is 3. The maximum absolute atomic E-state index is 13.4. The number of pyridine rings is 1. The van der Waals surface area contributed by atoms with Gasteiger partial charge in [-0.1, -0.05) is 0 Å². The van der Waals surface area contributed by atoms with E-state index in [0.29, 0.717) is 22.8 Å². The average Bonchev–Trinajstić information content (AvgIpc) is 3.33. The van der Waals surface area contributed by atoms with Gasteiger partial charge in [-0.25, -0.2) is 19.9 Å². The molecule has 0 fully saturated rings. The van der Waals surface area contributed by atoms with Gasteiger partial charge in [0.15, 0.2) is 0 Å². The van der Waals surface area contributed by atoms with Crippen LogP contribution in [0.3, 0.4) is 0 Å². The molecular weight excluding hydrogens is 513 g/mol. The number of thiazole rings is 1. The lowest BCUT2D eigenvalue weighted by atomic mass is 10.0. The van der Waals surface area contributed by atoms with E-state index in [1.54, 1.807) is 6.92 Å². The third-order valence-corrected chi connectivity index (χ3v) is 6.52. The van der Waals surface area contributed by atoms with Crippen molar-refractivity contribution in [3.63, 3.8) is 0 Å². The zero-order valence-corrected chi connectivity index (χ0v) is 20.6. The highest BCUT2D eigenvalue weighted by Crippen LogP contribution is 2.36. The van der Waals surface area contributed by atoms with Gasteiger partial charge in [-0.05, 0) is 19.4 Å². The molecule has 194 valence electrons. The van der Waals surface area contributed by atoms with E-state index in [-0.39, 0.29) is 34.4 Å². The normalized spacial score (nSPS) is 13.8. The Bertz CT molecular complexity index is 1380. The van der Waals surface area contributed by atoms with Gasteiger partial charge >= 0.3 is 6.18 Å². The van der Waals surface area contributed by atoms with Crippen molar-refractivity contribution in [2.75, 3.05) is 29.6 Å². The summed E-state index contributed by atoms with van der Waals surface area (Å²) in [6.07, 6.45) is -0.544. The van der Waals surface area contributed by atoms with Crippen LogP contribution in [0.25, 0.3) is 0 Å². The molecular formula is C22H21F3N8O3S. The zero-order valence-electron chi connectivity index (χ0n) is 19.8. The van der Waals surface area contributed by atoms with Crippen molar-refractivity contribution in [2.45, 2.75) is 32.0 Å². The van der Waals surface area contributed by atoms with Crippen molar-refractivity contribution in [3.05, 3.63) is 51.5 Å². The molecule has 1 aliphatic heterocycles. The fraction of sp³-hybridized carbons (Fsp3) is 0.318. The molecule has 3 amide bonds. The molecule has 0 unspecified atom stereocenters. The number of carbonyl (C=O) groups excluding carboxylic acids is 3. The Morgan fingerprint density at radius 3 is 2.57 bits per heavy atom. The second kappa shape index (κ2) is 10.1. The summed E-state index contributed by atoms with van der Waals surface area (Å²) in [5, 5.41) is 8.15. The summed E-state index contributed by atoms with van der Waals surface area (Å²) in [6.45, 7) is 1.66. The van der Waals surface area contributed by atoms with Crippen LogP contribution in [-0.2, 0) is 17.4 Å². The van der Waals surface area contributed by atoms with Crippen molar-refractivity contribution < 1.29 is 27.6 Å². The molecule has 37 heavy (non-hydrogen) atoms. The summed E-state index contributed by atoms with van der Waals surface area (Å²) >= 11 is 0.974. The van der Waals surface area contributed by atoms with Crippen LogP contribution in [0.15, 0.2) is 24.8 Å². The van der Waals surface area contributed by atoms with E-state index in [0.717, 1.165) is 23.6 Å². The number of alkyl halides is 3. The zero-order chi connectivity index (χ0) is 26.9. The van der Waals surface area contributed by atoms with Gasteiger partial charge < -0.3 is 20.9 Å². The van der Waals surface area contributed by atoms with Gasteiger partial charge in [-0.3, -0.25) is 14.4 Å². The van der Waals surface area contributed by atoms with E-state index < -0.39 is 29.6 Å². The molecule has 3 aromatic rings. The third-order valence-electron chi connectivity index (χ3n) is 5.34. The van der Waals surface area contributed by atoms with Gasteiger partial charge in [-0.2, -0.15) is 13.2 Å². The highest BCUT2D eigenvalue weighted by Gasteiger charge is 2.35. The van der Waals surface area contributed by atoms with Crippen molar-refractivity contribution >= 4 is 46.4 Å². The van der Waals surface area contributed by atoms with Crippen LogP contribution in [0.4, 0.5) is 30.5 Å². The lowest BCUT2D eigenvalue weighted by molar-refractivity contribution is -0.137. The number of fused-ring (bicyclic) bond motifs is 1. The largest absolute Gasteiger partial charge is 0.420 e. The molecule has 3 aromatic heterocycles. The van der Waals surface area contributed by atoms with E-state index in [4.69, 9.17) is 0 Å². The van der Waals surface area contributed by atoms with E-state index >= 15 is 0 Å². The molecule has 0 aliphatic carbocycles. The Hall–Kier alpha value is -4.14. The molecule has 0 saturated heterocycles. The monoisotopic (exact) mass is 534 g/mol. The summed E-state index contributed by atoms with van der Waals surface area (Å²) in [5.74, 6) is -1.36. The Morgan fingerprint density at radius 1 is 1.11 bits per heavy atom. The van der Waals surface area contributed by atoms with E-state index in [1.807, 2.05) is 0 Å². The fourth-order valence-corrected chi connectivity index (χ4v) is 4.40. The quantitative estimate of drug-likeness (QED) is 0.438. The summed E-state index contributed by atoms with van der Waals surface area (Å²) in [5.41, 5.74) is -0.457. The molecule has 4 heterocycles. The first-order chi connectivity index (χ1) is 17.4. The topological polar surface area (TPSA) is 142 Å². The molecule has 0 spiro atoms. The molecule has 15 heteroatoms. The van der Waals surface area contributed by atoms with E-state index in [9.17, 15) is 27.6 Å². The molecule has 0 bridgehead atoms. The Kier molecular flexibility index (Phi) is 7.07. The molecule has 1 atom stereocenters. The highest BCUT2D eigenvalue weighted by molar-refractivity contribution is 7.13. The number of carbonyl (C=O) groups is 3. The van der Waals surface area contributed by atoms with Crippen LogP contribution in [0.5, 0.6) is 0 Å². The smallest absolute Gasteiger partial charge is 0.362 e. The van der Waals surface area contributed by atoms with Crippen LogP contribution < -0.4 is 20.9 Å². The molecule has 3 N–H and O–H groups in total. The molecule has 0 saturated carbocycles. The maximum Gasteiger partial charge on any atom is 0.420 e. The number of anilines is 3. The second-order valence-electron chi connectivity index (χ2n) is 8.30. The maximum atomic E-state index is 13.4. The Labute approximate surface area is 212 Å². The summed E-state index contributed by atoms with van der Waals surface area (Å²) in [4.78, 5) is 54.4. The SMILES string of the molecule is C[C@@H](NC(=O)c1ncnc2c1CCC(=O)N2)c1ncc(C(=O)Nc2cnc(N(C)C)c(C(F)(F)F)c2)s1. The van der Waals surface area contributed by atoms with Gasteiger partial charge in [0.2, 0.25) is 5.91 Å². The number of amides is 3. The average molecular weight is 535 g/mol. The number of hydrogen-bond donors (Lipinski definition) is 3. The van der Waals surface area contributed by atoms with Crippen LogP contribution in [0.1, 0.15) is 55.7 Å². The van der Waals surface area contributed by atoms with Gasteiger partial charge in [0.1, 0.15) is 39.1 Å². The van der Waals surface area contributed by atoms with Crippen LogP contribution in [-0.4, -0.2) is 51.8 Å². The molecule has 4 rings (SSSR count). The lowest BCUT2D eigenvalue weighted by Gasteiger charge is -2.19. The number of rotatable bonds is 6. The number of nitrogens with zero attached hydrogens (tertiary/aromatic N) is 5. The third kappa shape index (κ3) is 5.66. The Balaban J connectivity index is 1.46. The van der Waals surface area contributed by atoms with E-state index in [1.165, 1.54) is 31.5 Å². The van der Waals surface area contributed by atoms with Crippen LogP contribution in [0.2, 0.25) is 0 Å². The molecule has 0 radical (unpaired) electrons. The highest BCUT2D eigenvalue weighted by atomic mass is 32.1. The first-order valence-corrected chi connectivity index (χ1v) is 11.7. The predicted molar refractivity (Wildman–Crippen MR) is 128 cm³/mol. The standard InChI is InChI=1S/C22H21F3N8O3S/c1-10(30-20(36)16-12-4-5-15(34)32-17(12)29-9-28-16)21-27-8-14(37-21)19(35)31-11-6-13(22(23,24)25)18(26-7-11)33(2)3/h6-10H,4-5H2,1-3H3,(H,30,36)(H,31,35)(H,28,29,32,34)/t10-/m1/s1. The summed E-state index contributed by atoms with van der Waals surface area (Å²) in [6, 6.07) is 0.205. The number of nitrogens with one attached hydrogen (secondary N) is 3. The molecule has 11 nitrogen and oxygen atoms in total. The molecule has 1 aliphatic rings. The minimum Gasteiger partial charge on any atom is -0.362 e. The van der Waals surface area contributed by atoms with Gasteiger partial charge in [0, 0.05) is 26.1 Å². The minimum atomic E-state index is -4.66. The van der Waals surface area contributed by atoms with Crippen LogP contribution >= 0.6 is 11.3 Å².